The van der Waals surface area contributed by atoms with Gasteiger partial charge in [0.05, 0.1) is 11.7 Å². The third-order valence-corrected chi connectivity index (χ3v) is 5.94. The summed E-state index contributed by atoms with van der Waals surface area (Å²) in [5, 5.41) is 0. The molecule has 3 aromatic carbocycles. The van der Waals surface area contributed by atoms with Crippen LogP contribution in [0.15, 0.2) is 72.8 Å². The summed E-state index contributed by atoms with van der Waals surface area (Å²) in [5.74, 6) is -1.60. The zero-order valence-electron chi connectivity index (χ0n) is 18.7. The Kier molecular flexibility index (Phi) is 6.82. The number of imide groups is 1. The molecule has 34 heavy (non-hydrogen) atoms. The third-order valence-electron chi connectivity index (χ3n) is 5.94. The second-order valence-electron chi connectivity index (χ2n) is 8.21. The standard InChI is InChI=1S/C27H24F2N2O3/c1-2-24(19-6-10-21(28)11-7-19)30(17-18-4-3-5-22(29)16-18)27(34)20-8-12-23(13-9-20)31-25(32)14-15-26(31)33/h3-13,16,24H,2,14-15,17H2,1H3. The second kappa shape index (κ2) is 9.95. The minimum Gasteiger partial charge on any atom is -0.327 e. The van der Waals surface area contributed by atoms with Crippen LogP contribution in [0.1, 0.15) is 53.7 Å². The van der Waals surface area contributed by atoms with Crippen molar-refractivity contribution in [1.82, 2.24) is 4.90 Å². The Morgan fingerprint density at radius 3 is 2.15 bits per heavy atom. The van der Waals surface area contributed by atoms with Crippen molar-refractivity contribution in [3.8, 4) is 0 Å². The van der Waals surface area contributed by atoms with Crippen molar-refractivity contribution in [1.29, 1.82) is 0 Å². The first kappa shape index (κ1) is 23.3. The summed E-state index contributed by atoms with van der Waals surface area (Å²) < 4.78 is 27.4. The minimum atomic E-state index is -0.399. The van der Waals surface area contributed by atoms with Crippen molar-refractivity contribution >= 4 is 23.4 Å². The number of nitrogens with zero attached hydrogens (tertiary/aromatic N) is 2. The number of anilines is 1. The SMILES string of the molecule is CCC(c1ccc(F)cc1)N(Cc1cccc(F)c1)C(=O)c1ccc(N2C(=O)CCC2=O)cc1. The number of hydrogen-bond acceptors (Lipinski definition) is 3. The molecular formula is C27H24F2N2O3. The molecule has 1 heterocycles. The van der Waals surface area contributed by atoms with Crippen LogP contribution in [-0.4, -0.2) is 22.6 Å². The van der Waals surface area contributed by atoms with E-state index in [0.717, 1.165) is 10.5 Å². The van der Waals surface area contributed by atoms with Crippen LogP contribution in [-0.2, 0) is 16.1 Å². The highest BCUT2D eigenvalue weighted by Gasteiger charge is 2.31. The highest BCUT2D eigenvalue weighted by atomic mass is 19.1. The van der Waals surface area contributed by atoms with Gasteiger partial charge in [-0.2, -0.15) is 0 Å². The van der Waals surface area contributed by atoms with E-state index in [1.807, 2.05) is 6.92 Å². The lowest BCUT2D eigenvalue weighted by Crippen LogP contribution is -2.34. The maximum Gasteiger partial charge on any atom is 0.254 e. The predicted molar refractivity (Wildman–Crippen MR) is 124 cm³/mol. The lowest BCUT2D eigenvalue weighted by atomic mass is 10.00. The van der Waals surface area contributed by atoms with E-state index in [4.69, 9.17) is 0 Å². The Labute approximate surface area is 196 Å². The molecule has 1 saturated heterocycles. The molecule has 1 aliphatic rings. The monoisotopic (exact) mass is 462 g/mol. The lowest BCUT2D eigenvalue weighted by Gasteiger charge is -2.32. The van der Waals surface area contributed by atoms with Crippen molar-refractivity contribution < 1.29 is 23.2 Å². The molecule has 4 rings (SSSR count). The first-order valence-electron chi connectivity index (χ1n) is 11.1. The molecule has 5 nitrogen and oxygen atoms in total. The molecule has 0 N–H and O–H groups in total. The summed E-state index contributed by atoms with van der Waals surface area (Å²) in [4.78, 5) is 40.5. The van der Waals surface area contributed by atoms with Crippen molar-refractivity contribution in [3.63, 3.8) is 0 Å². The van der Waals surface area contributed by atoms with E-state index in [1.54, 1.807) is 53.4 Å². The summed E-state index contributed by atoms with van der Waals surface area (Å²) >= 11 is 0. The maximum atomic E-state index is 13.8. The Bertz CT molecular complexity index is 1190. The number of rotatable bonds is 7. The Morgan fingerprint density at radius 1 is 0.912 bits per heavy atom. The Hall–Kier alpha value is -3.87. The molecular weight excluding hydrogens is 438 g/mol. The third kappa shape index (κ3) is 4.88. The van der Waals surface area contributed by atoms with E-state index in [-0.39, 0.29) is 49.0 Å². The number of carbonyl (C=O) groups is 3. The van der Waals surface area contributed by atoms with Gasteiger partial charge in [0, 0.05) is 24.9 Å². The zero-order valence-corrected chi connectivity index (χ0v) is 18.7. The lowest BCUT2D eigenvalue weighted by molar-refractivity contribution is -0.121. The average Bonchev–Trinajstić information content (AvgIpc) is 3.17. The summed E-state index contributed by atoms with van der Waals surface area (Å²) in [6, 6.07) is 18.0. The number of amides is 3. The topological polar surface area (TPSA) is 57.7 Å². The van der Waals surface area contributed by atoms with Gasteiger partial charge in [-0.05, 0) is 66.1 Å². The minimum absolute atomic E-state index is 0.150. The fourth-order valence-corrected chi connectivity index (χ4v) is 4.26. The maximum absolute atomic E-state index is 13.8. The molecule has 1 aliphatic heterocycles. The number of carbonyl (C=O) groups excluding carboxylic acids is 3. The number of benzene rings is 3. The van der Waals surface area contributed by atoms with Gasteiger partial charge in [-0.15, -0.1) is 0 Å². The fraction of sp³-hybridized carbons (Fsp3) is 0.222. The van der Waals surface area contributed by atoms with Crippen LogP contribution in [0.5, 0.6) is 0 Å². The molecule has 0 spiro atoms. The number of halogens is 2. The first-order chi connectivity index (χ1) is 16.4. The van der Waals surface area contributed by atoms with Crippen LogP contribution in [0.4, 0.5) is 14.5 Å². The van der Waals surface area contributed by atoms with Crippen molar-refractivity contribution in [2.45, 2.75) is 38.8 Å². The van der Waals surface area contributed by atoms with Gasteiger partial charge in [-0.3, -0.25) is 19.3 Å². The molecule has 0 aromatic heterocycles. The van der Waals surface area contributed by atoms with Gasteiger partial charge >= 0.3 is 0 Å². The summed E-state index contributed by atoms with van der Waals surface area (Å²) in [7, 11) is 0. The molecule has 0 aliphatic carbocycles. The molecule has 0 saturated carbocycles. The number of hydrogen-bond donors (Lipinski definition) is 0. The van der Waals surface area contributed by atoms with Gasteiger partial charge in [0.25, 0.3) is 5.91 Å². The Balaban J connectivity index is 1.67. The second-order valence-corrected chi connectivity index (χ2v) is 8.21. The highest BCUT2D eigenvalue weighted by Crippen LogP contribution is 2.29. The average molecular weight is 462 g/mol. The predicted octanol–water partition coefficient (Wildman–Crippen LogP) is 5.41. The van der Waals surface area contributed by atoms with Crippen LogP contribution in [0.2, 0.25) is 0 Å². The van der Waals surface area contributed by atoms with E-state index < -0.39 is 5.82 Å². The zero-order chi connectivity index (χ0) is 24.2. The van der Waals surface area contributed by atoms with E-state index >= 15 is 0 Å². The van der Waals surface area contributed by atoms with Crippen LogP contribution >= 0.6 is 0 Å². The molecule has 1 atom stereocenters. The molecule has 3 amide bonds. The van der Waals surface area contributed by atoms with E-state index in [1.165, 1.54) is 24.3 Å². The van der Waals surface area contributed by atoms with Gasteiger partial charge in [0.1, 0.15) is 11.6 Å². The first-order valence-corrected chi connectivity index (χ1v) is 11.1. The molecule has 0 radical (unpaired) electrons. The molecule has 1 fully saturated rings. The molecule has 0 bridgehead atoms. The summed E-state index contributed by atoms with van der Waals surface area (Å²) in [6.45, 7) is 2.07. The normalized spacial score (nSPS) is 14.4. The van der Waals surface area contributed by atoms with Crippen LogP contribution in [0, 0.1) is 11.6 Å². The van der Waals surface area contributed by atoms with E-state index in [9.17, 15) is 23.2 Å². The molecule has 3 aromatic rings. The van der Waals surface area contributed by atoms with Gasteiger partial charge in [0.15, 0.2) is 0 Å². The van der Waals surface area contributed by atoms with E-state index in [2.05, 4.69) is 0 Å². The van der Waals surface area contributed by atoms with Crippen molar-refractivity contribution in [3.05, 3.63) is 101 Å². The Morgan fingerprint density at radius 2 is 1.56 bits per heavy atom. The molecule has 174 valence electrons. The van der Waals surface area contributed by atoms with Crippen molar-refractivity contribution in [2.75, 3.05) is 4.90 Å². The van der Waals surface area contributed by atoms with Gasteiger partial charge in [-0.25, -0.2) is 8.78 Å². The summed E-state index contributed by atoms with van der Waals surface area (Å²) in [6.07, 6.45) is 0.912. The van der Waals surface area contributed by atoms with E-state index in [0.29, 0.717) is 23.2 Å². The van der Waals surface area contributed by atoms with Crippen LogP contribution in [0.3, 0.4) is 0 Å². The quantitative estimate of drug-likeness (QED) is 0.441. The largest absolute Gasteiger partial charge is 0.327 e. The molecule has 1 unspecified atom stereocenters. The van der Waals surface area contributed by atoms with Crippen molar-refractivity contribution in [2.24, 2.45) is 0 Å². The van der Waals surface area contributed by atoms with Gasteiger partial charge in [0.2, 0.25) is 11.8 Å². The highest BCUT2D eigenvalue weighted by molar-refractivity contribution is 6.19. The smallest absolute Gasteiger partial charge is 0.254 e. The fourth-order valence-electron chi connectivity index (χ4n) is 4.26. The summed E-state index contributed by atoms with van der Waals surface area (Å²) in [5.41, 5.74) is 2.17. The van der Waals surface area contributed by atoms with Crippen LogP contribution in [0.25, 0.3) is 0 Å². The van der Waals surface area contributed by atoms with Gasteiger partial charge < -0.3 is 4.90 Å². The molecule has 7 heteroatoms. The van der Waals surface area contributed by atoms with Crippen LogP contribution < -0.4 is 4.90 Å². The van der Waals surface area contributed by atoms with Gasteiger partial charge in [-0.1, -0.05) is 31.2 Å².